The molecule has 6 aromatic carbocycles. The molecule has 3 heterocycles. The van der Waals surface area contributed by atoms with Crippen LogP contribution in [0.2, 0.25) is 0 Å². The van der Waals surface area contributed by atoms with Crippen molar-refractivity contribution in [2.75, 3.05) is 0 Å². The topological polar surface area (TPSA) is 31.2 Å². The Morgan fingerprint density at radius 2 is 1.10 bits per heavy atom. The van der Waals surface area contributed by atoms with Crippen molar-refractivity contribution in [3.05, 3.63) is 127 Å². The quantitative estimate of drug-likeness (QED) is 0.237. The van der Waals surface area contributed by atoms with Crippen LogP contribution in [0.4, 0.5) is 0 Å². The van der Waals surface area contributed by atoms with E-state index >= 15 is 0 Å². The second-order valence-electron chi connectivity index (χ2n) is 10.1. The van der Waals surface area contributed by atoms with E-state index in [-0.39, 0.29) is 0 Å². The second-order valence-corrected chi connectivity index (χ2v) is 10.1. The summed E-state index contributed by atoms with van der Waals surface area (Å²) in [6.45, 7) is 0. The molecule has 0 spiro atoms. The molecular weight excluding hydrogens is 478 g/mol. The van der Waals surface area contributed by atoms with E-state index < -0.39 is 0 Å². The summed E-state index contributed by atoms with van der Waals surface area (Å²) in [7, 11) is 0. The molecule has 0 amide bonds. The van der Waals surface area contributed by atoms with E-state index in [0.29, 0.717) is 0 Å². The lowest BCUT2D eigenvalue weighted by Crippen LogP contribution is -1.94. The Labute approximate surface area is 223 Å². The number of furan rings is 2. The molecule has 9 rings (SSSR count). The summed E-state index contributed by atoms with van der Waals surface area (Å²) < 4.78 is 15.2. The summed E-state index contributed by atoms with van der Waals surface area (Å²) in [5, 5.41) is 6.85. The zero-order chi connectivity index (χ0) is 25.5. The van der Waals surface area contributed by atoms with Crippen molar-refractivity contribution in [3.63, 3.8) is 0 Å². The minimum absolute atomic E-state index is 0.836. The van der Waals surface area contributed by atoms with Crippen LogP contribution >= 0.6 is 0 Å². The number of aromatic nitrogens is 1. The largest absolute Gasteiger partial charge is 0.456 e. The number of rotatable bonds is 2. The third-order valence-corrected chi connectivity index (χ3v) is 8.00. The molecule has 182 valence electrons. The lowest BCUT2D eigenvalue weighted by atomic mass is 9.98. The van der Waals surface area contributed by atoms with Gasteiger partial charge >= 0.3 is 0 Å². The van der Waals surface area contributed by atoms with E-state index in [1.54, 1.807) is 0 Å². The monoisotopic (exact) mass is 499 g/mol. The van der Waals surface area contributed by atoms with Crippen molar-refractivity contribution in [3.8, 4) is 16.8 Å². The van der Waals surface area contributed by atoms with E-state index in [0.717, 1.165) is 60.7 Å². The fourth-order valence-electron chi connectivity index (χ4n) is 6.34. The van der Waals surface area contributed by atoms with Gasteiger partial charge in [-0.1, -0.05) is 78.9 Å². The van der Waals surface area contributed by atoms with Crippen LogP contribution in [0.1, 0.15) is 0 Å². The highest BCUT2D eigenvalue weighted by Crippen LogP contribution is 2.43. The summed E-state index contributed by atoms with van der Waals surface area (Å²) in [6.07, 6.45) is 0. The number of hydrogen-bond acceptors (Lipinski definition) is 2. The lowest BCUT2D eigenvalue weighted by molar-refractivity contribution is 0.663. The minimum atomic E-state index is 0.836. The molecule has 0 saturated carbocycles. The van der Waals surface area contributed by atoms with Gasteiger partial charge in [-0.25, -0.2) is 0 Å². The van der Waals surface area contributed by atoms with Crippen LogP contribution < -0.4 is 0 Å². The second kappa shape index (κ2) is 7.62. The third kappa shape index (κ3) is 2.82. The number of hydrogen-bond donors (Lipinski definition) is 0. The first-order valence-corrected chi connectivity index (χ1v) is 13.2. The van der Waals surface area contributed by atoms with Crippen molar-refractivity contribution in [2.45, 2.75) is 0 Å². The molecule has 0 bridgehead atoms. The maximum atomic E-state index is 6.44. The first-order chi connectivity index (χ1) is 19.3. The van der Waals surface area contributed by atoms with Crippen molar-refractivity contribution in [1.82, 2.24) is 4.57 Å². The smallest absolute Gasteiger partial charge is 0.147 e. The minimum Gasteiger partial charge on any atom is -0.456 e. The summed E-state index contributed by atoms with van der Waals surface area (Å²) in [5.41, 5.74) is 9.25. The average Bonchev–Trinajstić information content (AvgIpc) is 3.66. The zero-order valence-corrected chi connectivity index (χ0v) is 20.9. The lowest BCUT2D eigenvalue weighted by Gasteiger charge is -2.11. The molecule has 0 aliphatic heterocycles. The van der Waals surface area contributed by atoms with Gasteiger partial charge in [-0.3, -0.25) is 0 Å². The molecule has 39 heavy (non-hydrogen) atoms. The summed E-state index contributed by atoms with van der Waals surface area (Å²) in [4.78, 5) is 0. The zero-order valence-electron chi connectivity index (χ0n) is 20.9. The van der Waals surface area contributed by atoms with Gasteiger partial charge in [-0.15, -0.1) is 0 Å². The molecule has 0 saturated heterocycles. The maximum absolute atomic E-state index is 6.44. The van der Waals surface area contributed by atoms with Gasteiger partial charge in [-0.2, -0.15) is 0 Å². The van der Waals surface area contributed by atoms with Gasteiger partial charge in [0, 0.05) is 32.6 Å². The first kappa shape index (κ1) is 20.7. The maximum Gasteiger partial charge on any atom is 0.147 e. The van der Waals surface area contributed by atoms with Crippen LogP contribution in [-0.4, -0.2) is 4.57 Å². The third-order valence-electron chi connectivity index (χ3n) is 8.00. The van der Waals surface area contributed by atoms with Gasteiger partial charge in [0.1, 0.15) is 22.3 Å². The molecule has 9 aromatic rings. The summed E-state index contributed by atoms with van der Waals surface area (Å²) in [6, 6.07) is 44.7. The Hall–Kier alpha value is -5.28. The summed E-state index contributed by atoms with van der Waals surface area (Å²) in [5.74, 6) is 0. The fourth-order valence-corrected chi connectivity index (χ4v) is 6.34. The molecule has 3 heteroatoms. The van der Waals surface area contributed by atoms with Gasteiger partial charge in [0.15, 0.2) is 0 Å². The molecule has 3 aromatic heterocycles. The van der Waals surface area contributed by atoms with E-state index in [9.17, 15) is 0 Å². The SMILES string of the molecule is c1cc(-c2cccc3oc4ccc5c6ccccc6oc5c4c23)cc(-n2c3ccccc3c3ccccc32)c1. The van der Waals surface area contributed by atoms with Crippen LogP contribution in [0.5, 0.6) is 0 Å². The Kier molecular flexibility index (Phi) is 4.05. The van der Waals surface area contributed by atoms with Gasteiger partial charge in [-0.05, 0) is 59.7 Å². The van der Waals surface area contributed by atoms with E-state index in [4.69, 9.17) is 8.83 Å². The van der Waals surface area contributed by atoms with Crippen molar-refractivity contribution in [2.24, 2.45) is 0 Å². The van der Waals surface area contributed by atoms with Gasteiger partial charge in [0.2, 0.25) is 0 Å². The average molecular weight is 500 g/mol. The molecule has 0 aliphatic carbocycles. The van der Waals surface area contributed by atoms with E-state index in [1.165, 1.54) is 21.8 Å². The summed E-state index contributed by atoms with van der Waals surface area (Å²) >= 11 is 0. The molecule has 0 atom stereocenters. The Morgan fingerprint density at radius 3 is 1.92 bits per heavy atom. The van der Waals surface area contributed by atoms with E-state index in [2.05, 4.69) is 114 Å². The number of para-hydroxylation sites is 3. The molecule has 0 unspecified atom stereocenters. The number of fused-ring (bicyclic) bond motifs is 10. The predicted octanol–water partition coefficient (Wildman–Crippen LogP) is 10.2. The van der Waals surface area contributed by atoms with Crippen molar-refractivity contribution in [1.29, 1.82) is 0 Å². The Balaban J connectivity index is 1.35. The van der Waals surface area contributed by atoms with Gasteiger partial charge < -0.3 is 13.4 Å². The molecular formula is C36H21NO2. The fraction of sp³-hybridized carbons (Fsp3) is 0. The van der Waals surface area contributed by atoms with Crippen molar-refractivity contribution < 1.29 is 8.83 Å². The standard InChI is InChI=1S/C36H21NO2/c1-4-15-29-25(11-1)26-12-2-5-16-30(26)37(29)23-10-7-9-22(21-23)24-14-8-18-32-34(24)35-33(38-32)20-19-28-27-13-3-6-17-31(27)39-36(28)35/h1-21H. The molecule has 0 fully saturated rings. The van der Waals surface area contributed by atoms with Gasteiger partial charge in [0.05, 0.1) is 16.4 Å². The number of benzene rings is 6. The molecule has 0 radical (unpaired) electrons. The number of nitrogens with zero attached hydrogens (tertiary/aromatic N) is 1. The Morgan fingerprint density at radius 1 is 0.436 bits per heavy atom. The first-order valence-electron chi connectivity index (χ1n) is 13.2. The van der Waals surface area contributed by atoms with Crippen LogP contribution in [0.15, 0.2) is 136 Å². The highest BCUT2D eigenvalue weighted by atomic mass is 16.3. The van der Waals surface area contributed by atoms with E-state index in [1.807, 2.05) is 18.2 Å². The highest BCUT2D eigenvalue weighted by molar-refractivity contribution is 6.24. The molecule has 3 nitrogen and oxygen atoms in total. The van der Waals surface area contributed by atoms with Crippen LogP contribution in [-0.2, 0) is 0 Å². The van der Waals surface area contributed by atoms with Crippen LogP contribution in [0.25, 0.3) is 82.5 Å². The van der Waals surface area contributed by atoms with Crippen molar-refractivity contribution >= 4 is 65.7 Å². The van der Waals surface area contributed by atoms with Crippen LogP contribution in [0, 0.1) is 0 Å². The molecule has 0 aliphatic rings. The normalized spacial score (nSPS) is 12.1. The van der Waals surface area contributed by atoms with Gasteiger partial charge in [0.25, 0.3) is 0 Å². The highest BCUT2D eigenvalue weighted by Gasteiger charge is 2.19. The Bertz CT molecular complexity index is 2350. The molecule has 0 N–H and O–H groups in total. The van der Waals surface area contributed by atoms with Crippen LogP contribution in [0.3, 0.4) is 0 Å². The predicted molar refractivity (Wildman–Crippen MR) is 161 cm³/mol.